The van der Waals surface area contributed by atoms with Crippen molar-refractivity contribution in [2.45, 2.75) is 25.8 Å². The average molecular weight is 217 g/mol. The minimum Gasteiger partial charge on any atom is -0.394 e. The number of ether oxygens (including phenoxy) is 2. The van der Waals surface area contributed by atoms with Gasteiger partial charge in [-0.3, -0.25) is 0 Å². The summed E-state index contributed by atoms with van der Waals surface area (Å²) in [5.41, 5.74) is 0. The molecule has 1 saturated heterocycles. The number of aliphatic hydroxyl groups is 1. The smallest absolute Gasteiger partial charge is 0.0698 e. The molecule has 0 saturated carbocycles. The highest BCUT2D eigenvalue weighted by Crippen LogP contribution is 2.18. The predicted molar refractivity (Wildman–Crippen MR) is 58.9 cm³/mol. The van der Waals surface area contributed by atoms with E-state index < -0.39 is 0 Å². The standard InChI is InChI=1S/C11H23NO3/c1-2-11(10-3-6-15-9-10)12-4-7-14-8-5-13/h10-13H,2-9H2,1H3. The van der Waals surface area contributed by atoms with Crippen LogP contribution in [0.4, 0.5) is 0 Å². The van der Waals surface area contributed by atoms with E-state index in [1.54, 1.807) is 0 Å². The van der Waals surface area contributed by atoms with Crippen LogP contribution in [0, 0.1) is 5.92 Å². The largest absolute Gasteiger partial charge is 0.394 e. The molecule has 1 aliphatic rings. The fraction of sp³-hybridized carbons (Fsp3) is 1.00. The van der Waals surface area contributed by atoms with Crippen molar-refractivity contribution in [1.29, 1.82) is 0 Å². The Kier molecular flexibility index (Phi) is 6.92. The van der Waals surface area contributed by atoms with E-state index in [2.05, 4.69) is 12.2 Å². The minimum absolute atomic E-state index is 0.105. The molecular weight excluding hydrogens is 194 g/mol. The molecule has 0 spiro atoms. The van der Waals surface area contributed by atoms with Crippen LogP contribution in [0.2, 0.25) is 0 Å². The van der Waals surface area contributed by atoms with Crippen LogP contribution in [0.25, 0.3) is 0 Å². The maximum atomic E-state index is 8.53. The summed E-state index contributed by atoms with van der Waals surface area (Å²) in [4.78, 5) is 0. The lowest BCUT2D eigenvalue weighted by Crippen LogP contribution is -2.38. The molecule has 1 fully saturated rings. The average Bonchev–Trinajstić information content (AvgIpc) is 2.77. The third-order valence-electron chi connectivity index (χ3n) is 2.86. The van der Waals surface area contributed by atoms with E-state index in [4.69, 9.17) is 14.6 Å². The maximum absolute atomic E-state index is 8.53. The third kappa shape index (κ3) is 4.93. The first-order chi connectivity index (χ1) is 7.38. The maximum Gasteiger partial charge on any atom is 0.0698 e. The second-order valence-corrected chi connectivity index (χ2v) is 3.93. The van der Waals surface area contributed by atoms with Crippen molar-refractivity contribution >= 4 is 0 Å². The zero-order valence-electron chi connectivity index (χ0n) is 9.58. The Hall–Kier alpha value is -0.160. The van der Waals surface area contributed by atoms with Crippen LogP contribution in [0.15, 0.2) is 0 Å². The summed E-state index contributed by atoms with van der Waals surface area (Å²) in [7, 11) is 0. The van der Waals surface area contributed by atoms with Gasteiger partial charge in [-0.15, -0.1) is 0 Å². The molecule has 1 rings (SSSR count). The molecule has 0 aromatic heterocycles. The number of hydrogen-bond acceptors (Lipinski definition) is 4. The van der Waals surface area contributed by atoms with E-state index in [1.165, 1.54) is 6.42 Å². The fourth-order valence-corrected chi connectivity index (χ4v) is 2.00. The molecule has 2 atom stereocenters. The van der Waals surface area contributed by atoms with E-state index in [9.17, 15) is 0 Å². The first kappa shape index (κ1) is 12.9. The predicted octanol–water partition coefficient (Wildman–Crippen LogP) is 0.400. The first-order valence-corrected chi connectivity index (χ1v) is 5.88. The SMILES string of the molecule is CCC(NCCOCCO)C1CCOC1. The van der Waals surface area contributed by atoms with Crippen LogP contribution in [-0.2, 0) is 9.47 Å². The van der Waals surface area contributed by atoms with Crippen molar-refractivity contribution in [2.24, 2.45) is 5.92 Å². The van der Waals surface area contributed by atoms with Crippen LogP contribution >= 0.6 is 0 Å². The van der Waals surface area contributed by atoms with Gasteiger partial charge in [-0.05, 0) is 18.8 Å². The van der Waals surface area contributed by atoms with Gasteiger partial charge in [0.1, 0.15) is 0 Å². The van der Waals surface area contributed by atoms with Crippen molar-refractivity contribution in [2.75, 3.05) is 39.6 Å². The minimum atomic E-state index is 0.105. The van der Waals surface area contributed by atoms with E-state index in [0.29, 0.717) is 25.2 Å². The Morgan fingerprint density at radius 1 is 1.53 bits per heavy atom. The molecule has 4 heteroatoms. The van der Waals surface area contributed by atoms with Gasteiger partial charge in [-0.1, -0.05) is 6.92 Å². The van der Waals surface area contributed by atoms with Gasteiger partial charge in [0.25, 0.3) is 0 Å². The third-order valence-corrected chi connectivity index (χ3v) is 2.86. The van der Waals surface area contributed by atoms with Crippen LogP contribution in [0.5, 0.6) is 0 Å². The lowest BCUT2D eigenvalue weighted by atomic mass is 9.97. The number of hydrogen-bond donors (Lipinski definition) is 2. The Morgan fingerprint density at radius 2 is 2.40 bits per heavy atom. The van der Waals surface area contributed by atoms with E-state index in [0.717, 1.165) is 26.2 Å². The summed E-state index contributed by atoms with van der Waals surface area (Å²) in [6.45, 7) is 6.07. The zero-order chi connectivity index (χ0) is 10.9. The summed E-state index contributed by atoms with van der Waals surface area (Å²) < 4.78 is 10.6. The van der Waals surface area contributed by atoms with Crippen LogP contribution in [-0.4, -0.2) is 50.7 Å². The number of aliphatic hydroxyl groups excluding tert-OH is 1. The van der Waals surface area contributed by atoms with Crippen molar-refractivity contribution in [3.8, 4) is 0 Å². The first-order valence-electron chi connectivity index (χ1n) is 5.88. The second kappa shape index (κ2) is 8.05. The fourth-order valence-electron chi connectivity index (χ4n) is 2.00. The Labute approximate surface area is 92.0 Å². The molecule has 0 bridgehead atoms. The molecule has 0 aromatic rings. The Balaban J connectivity index is 2.05. The van der Waals surface area contributed by atoms with Gasteiger partial charge >= 0.3 is 0 Å². The Bertz CT molecular complexity index is 149. The molecule has 0 radical (unpaired) electrons. The van der Waals surface area contributed by atoms with Crippen LogP contribution in [0.1, 0.15) is 19.8 Å². The number of nitrogens with one attached hydrogen (secondary N) is 1. The summed E-state index contributed by atoms with van der Waals surface area (Å²) >= 11 is 0. The van der Waals surface area contributed by atoms with Crippen molar-refractivity contribution in [3.05, 3.63) is 0 Å². The van der Waals surface area contributed by atoms with Crippen molar-refractivity contribution < 1.29 is 14.6 Å². The second-order valence-electron chi connectivity index (χ2n) is 3.93. The van der Waals surface area contributed by atoms with Gasteiger partial charge in [0.2, 0.25) is 0 Å². The van der Waals surface area contributed by atoms with Gasteiger partial charge in [0.15, 0.2) is 0 Å². The Morgan fingerprint density at radius 3 is 3.00 bits per heavy atom. The molecule has 15 heavy (non-hydrogen) atoms. The van der Waals surface area contributed by atoms with Gasteiger partial charge in [0.05, 0.1) is 26.4 Å². The van der Waals surface area contributed by atoms with Crippen LogP contribution < -0.4 is 5.32 Å². The van der Waals surface area contributed by atoms with Gasteiger partial charge in [0, 0.05) is 19.2 Å². The summed E-state index contributed by atoms with van der Waals surface area (Å²) in [5, 5.41) is 12.0. The molecule has 4 nitrogen and oxygen atoms in total. The molecule has 90 valence electrons. The van der Waals surface area contributed by atoms with Crippen molar-refractivity contribution in [1.82, 2.24) is 5.32 Å². The summed E-state index contributed by atoms with van der Waals surface area (Å²) in [6.07, 6.45) is 2.30. The lowest BCUT2D eigenvalue weighted by Gasteiger charge is -2.22. The van der Waals surface area contributed by atoms with E-state index in [-0.39, 0.29) is 6.61 Å². The molecular formula is C11H23NO3. The quantitative estimate of drug-likeness (QED) is 0.578. The number of rotatable bonds is 8. The molecule has 1 heterocycles. The van der Waals surface area contributed by atoms with E-state index in [1.807, 2.05) is 0 Å². The zero-order valence-corrected chi connectivity index (χ0v) is 9.58. The molecule has 2 N–H and O–H groups in total. The van der Waals surface area contributed by atoms with Crippen LogP contribution in [0.3, 0.4) is 0 Å². The molecule has 0 aromatic carbocycles. The van der Waals surface area contributed by atoms with Gasteiger partial charge in [-0.25, -0.2) is 0 Å². The topological polar surface area (TPSA) is 50.7 Å². The normalized spacial score (nSPS) is 23.2. The van der Waals surface area contributed by atoms with E-state index >= 15 is 0 Å². The molecule has 1 aliphatic heterocycles. The van der Waals surface area contributed by atoms with Gasteiger partial charge < -0.3 is 19.9 Å². The highest BCUT2D eigenvalue weighted by atomic mass is 16.5. The lowest BCUT2D eigenvalue weighted by molar-refractivity contribution is 0.0906. The molecule has 2 unspecified atom stereocenters. The van der Waals surface area contributed by atoms with Crippen molar-refractivity contribution in [3.63, 3.8) is 0 Å². The molecule has 0 amide bonds. The summed E-state index contributed by atoms with van der Waals surface area (Å²) in [5.74, 6) is 0.660. The summed E-state index contributed by atoms with van der Waals surface area (Å²) in [6, 6.07) is 0.547. The highest BCUT2D eigenvalue weighted by molar-refractivity contribution is 4.78. The monoisotopic (exact) mass is 217 g/mol. The highest BCUT2D eigenvalue weighted by Gasteiger charge is 2.23. The van der Waals surface area contributed by atoms with Gasteiger partial charge in [-0.2, -0.15) is 0 Å². The molecule has 0 aliphatic carbocycles.